The van der Waals surface area contributed by atoms with E-state index in [0.29, 0.717) is 5.69 Å². The van der Waals surface area contributed by atoms with Crippen molar-refractivity contribution in [2.75, 3.05) is 5.32 Å². The zero-order valence-electron chi connectivity index (χ0n) is 10.9. The van der Waals surface area contributed by atoms with Gasteiger partial charge in [0, 0.05) is 0 Å². The molecule has 4 heteroatoms. The zero-order chi connectivity index (χ0) is 13.8. The van der Waals surface area contributed by atoms with Gasteiger partial charge in [0.25, 0.3) is 0 Å². The van der Waals surface area contributed by atoms with Crippen LogP contribution in [0.2, 0.25) is 0 Å². The number of rotatable bonds is 3. The summed E-state index contributed by atoms with van der Waals surface area (Å²) >= 11 is 3.34. The van der Waals surface area contributed by atoms with Crippen LogP contribution in [0.3, 0.4) is 0 Å². The van der Waals surface area contributed by atoms with Crippen LogP contribution in [0.5, 0.6) is 0 Å². The van der Waals surface area contributed by atoms with E-state index in [1.54, 1.807) is 6.20 Å². The minimum absolute atomic E-state index is 0.0327. The number of amides is 1. The standard InChI is InChI=1S/C15H15BrN2O/c1-10-8-13(9-17-14(10)16)18-15(19)11(2)12-6-4-3-5-7-12/h3-9,11H,1-2H3,(H,18,19). The van der Waals surface area contributed by atoms with Crippen LogP contribution in [0.1, 0.15) is 24.0 Å². The summed E-state index contributed by atoms with van der Waals surface area (Å²) in [6, 6.07) is 11.6. The van der Waals surface area contributed by atoms with Gasteiger partial charge in [0.05, 0.1) is 17.8 Å². The van der Waals surface area contributed by atoms with Crippen molar-refractivity contribution in [3.63, 3.8) is 0 Å². The highest BCUT2D eigenvalue weighted by molar-refractivity contribution is 9.10. The molecular formula is C15H15BrN2O. The first-order valence-electron chi connectivity index (χ1n) is 6.06. The molecule has 1 heterocycles. The summed E-state index contributed by atoms with van der Waals surface area (Å²) < 4.78 is 0.793. The fraction of sp³-hybridized carbons (Fsp3) is 0.200. The Balaban J connectivity index is 2.10. The first-order valence-corrected chi connectivity index (χ1v) is 6.85. The number of nitrogens with one attached hydrogen (secondary N) is 1. The Hall–Kier alpha value is -1.68. The number of carbonyl (C=O) groups is 1. The third-order valence-electron chi connectivity index (χ3n) is 2.97. The second-order valence-corrected chi connectivity index (χ2v) is 5.20. The Labute approximate surface area is 121 Å². The molecule has 1 amide bonds. The van der Waals surface area contributed by atoms with Crippen LogP contribution in [-0.2, 0) is 4.79 Å². The number of benzene rings is 1. The van der Waals surface area contributed by atoms with Gasteiger partial charge in [0.15, 0.2) is 0 Å². The highest BCUT2D eigenvalue weighted by atomic mass is 79.9. The third-order valence-corrected chi connectivity index (χ3v) is 3.80. The van der Waals surface area contributed by atoms with Gasteiger partial charge in [-0.3, -0.25) is 4.79 Å². The number of halogens is 1. The molecule has 0 saturated heterocycles. The van der Waals surface area contributed by atoms with Gasteiger partial charge < -0.3 is 5.32 Å². The number of carbonyl (C=O) groups excluding carboxylic acids is 1. The normalized spacial score (nSPS) is 11.9. The van der Waals surface area contributed by atoms with Crippen molar-refractivity contribution in [2.45, 2.75) is 19.8 Å². The second kappa shape index (κ2) is 5.97. The van der Waals surface area contributed by atoms with Gasteiger partial charge in [0.2, 0.25) is 5.91 Å². The van der Waals surface area contributed by atoms with Crippen molar-refractivity contribution in [1.82, 2.24) is 4.98 Å². The molecule has 0 aliphatic carbocycles. The average molecular weight is 319 g/mol. The van der Waals surface area contributed by atoms with Gasteiger partial charge in [-0.05, 0) is 47.0 Å². The molecule has 0 aliphatic rings. The van der Waals surface area contributed by atoms with Crippen LogP contribution >= 0.6 is 15.9 Å². The number of pyridine rings is 1. The molecule has 98 valence electrons. The number of anilines is 1. The molecule has 1 atom stereocenters. The summed E-state index contributed by atoms with van der Waals surface area (Å²) in [5.41, 5.74) is 2.71. The van der Waals surface area contributed by atoms with Gasteiger partial charge in [-0.15, -0.1) is 0 Å². The van der Waals surface area contributed by atoms with E-state index in [0.717, 1.165) is 15.7 Å². The molecular weight excluding hydrogens is 304 g/mol. The Morgan fingerprint density at radius 3 is 2.63 bits per heavy atom. The van der Waals surface area contributed by atoms with E-state index in [9.17, 15) is 4.79 Å². The first kappa shape index (κ1) is 13.7. The molecule has 0 radical (unpaired) electrons. The van der Waals surface area contributed by atoms with E-state index in [-0.39, 0.29) is 11.8 Å². The topological polar surface area (TPSA) is 42.0 Å². The zero-order valence-corrected chi connectivity index (χ0v) is 12.4. The smallest absolute Gasteiger partial charge is 0.231 e. The Kier molecular flexibility index (Phi) is 4.32. The van der Waals surface area contributed by atoms with Crippen LogP contribution in [-0.4, -0.2) is 10.9 Å². The molecule has 1 unspecified atom stereocenters. The highest BCUT2D eigenvalue weighted by Gasteiger charge is 2.15. The van der Waals surface area contributed by atoms with Crippen LogP contribution in [0.15, 0.2) is 47.2 Å². The number of hydrogen-bond donors (Lipinski definition) is 1. The van der Waals surface area contributed by atoms with Crippen molar-refractivity contribution in [3.8, 4) is 0 Å². The molecule has 0 saturated carbocycles. The van der Waals surface area contributed by atoms with Crippen LogP contribution < -0.4 is 5.32 Å². The van der Waals surface area contributed by atoms with Gasteiger partial charge >= 0.3 is 0 Å². The monoisotopic (exact) mass is 318 g/mol. The van der Waals surface area contributed by atoms with Crippen LogP contribution in [0.4, 0.5) is 5.69 Å². The van der Waals surface area contributed by atoms with Gasteiger partial charge in [0.1, 0.15) is 4.60 Å². The fourth-order valence-corrected chi connectivity index (χ4v) is 1.99. The maximum absolute atomic E-state index is 12.2. The Morgan fingerprint density at radius 1 is 1.32 bits per heavy atom. The summed E-state index contributed by atoms with van der Waals surface area (Å²) in [4.78, 5) is 16.3. The van der Waals surface area contributed by atoms with Gasteiger partial charge in [-0.2, -0.15) is 0 Å². The maximum Gasteiger partial charge on any atom is 0.231 e. The Morgan fingerprint density at radius 2 is 2.00 bits per heavy atom. The summed E-state index contributed by atoms with van der Waals surface area (Å²) in [6.45, 7) is 3.83. The largest absolute Gasteiger partial charge is 0.324 e. The molecule has 3 nitrogen and oxygen atoms in total. The lowest BCUT2D eigenvalue weighted by Crippen LogP contribution is -2.19. The lowest BCUT2D eigenvalue weighted by Gasteiger charge is -2.12. The second-order valence-electron chi connectivity index (χ2n) is 4.45. The van der Waals surface area contributed by atoms with Crippen molar-refractivity contribution in [3.05, 3.63) is 58.3 Å². The van der Waals surface area contributed by atoms with Crippen molar-refractivity contribution in [1.29, 1.82) is 0 Å². The van der Waals surface area contributed by atoms with E-state index < -0.39 is 0 Å². The van der Waals surface area contributed by atoms with E-state index >= 15 is 0 Å². The molecule has 2 aromatic rings. The van der Waals surface area contributed by atoms with Gasteiger partial charge in [-0.25, -0.2) is 4.98 Å². The number of aryl methyl sites for hydroxylation is 1. The molecule has 1 aromatic carbocycles. The summed E-state index contributed by atoms with van der Waals surface area (Å²) in [6.07, 6.45) is 1.65. The van der Waals surface area contributed by atoms with Crippen LogP contribution in [0, 0.1) is 6.92 Å². The molecule has 2 rings (SSSR count). The van der Waals surface area contributed by atoms with E-state index in [1.165, 1.54) is 0 Å². The Bertz CT molecular complexity index is 584. The molecule has 0 fully saturated rings. The SMILES string of the molecule is Cc1cc(NC(=O)C(C)c2ccccc2)cnc1Br. The van der Waals surface area contributed by atoms with Crippen LogP contribution in [0.25, 0.3) is 0 Å². The molecule has 0 aliphatic heterocycles. The highest BCUT2D eigenvalue weighted by Crippen LogP contribution is 2.20. The predicted octanol–water partition coefficient (Wildman–Crippen LogP) is 3.89. The summed E-state index contributed by atoms with van der Waals surface area (Å²) in [7, 11) is 0. The number of aromatic nitrogens is 1. The van der Waals surface area contributed by atoms with Gasteiger partial charge in [-0.1, -0.05) is 30.3 Å². The predicted molar refractivity (Wildman–Crippen MR) is 80.2 cm³/mol. The maximum atomic E-state index is 12.2. The number of nitrogens with zero attached hydrogens (tertiary/aromatic N) is 1. The van der Waals surface area contributed by atoms with E-state index in [1.807, 2.05) is 50.2 Å². The molecule has 0 spiro atoms. The van der Waals surface area contributed by atoms with E-state index in [4.69, 9.17) is 0 Å². The first-order chi connectivity index (χ1) is 9.08. The quantitative estimate of drug-likeness (QED) is 0.872. The fourth-order valence-electron chi connectivity index (χ4n) is 1.77. The lowest BCUT2D eigenvalue weighted by atomic mass is 10.0. The minimum Gasteiger partial charge on any atom is -0.324 e. The summed E-state index contributed by atoms with van der Waals surface area (Å²) in [5, 5.41) is 2.89. The van der Waals surface area contributed by atoms with Crippen molar-refractivity contribution in [2.24, 2.45) is 0 Å². The lowest BCUT2D eigenvalue weighted by molar-refractivity contribution is -0.117. The molecule has 0 bridgehead atoms. The minimum atomic E-state index is -0.190. The summed E-state index contributed by atoms with van der Waals surface area (Å²) in [5.74, 6) is -0.222. The average Bonchev–Trinajstić information content (AvgIpc) is 2.43. The molecule has 19 heavy (non-hydrogen) atoms. The van der Waals surface area contributed by atoms with Crippen molar-refractivity contribution < 1.29 is 4.79 Å². The number of hydrogen-bond acceptors (Lipinski definition) is 2. The molecule has 1 aromatic heterocycles. The van der Waals surface area contributed by atoms with Crippen molar-refractivity contribution >= 4 is 27.5 Å². The van der Waals surface area contributed by atoms with E-state index in [2.05, 4.69) is 26.2 Å². The molecule has 1 N–H and O–H groups in total. The third kappa shape index (κ3) is 3.41.